The third-order valence-corrected chi connectivity index (χ3v) is 6.87. The first-order valence-electron chi connectivity index (χ1n) is 11.9. The highest BCUT2D eigenvalue weighted by Crippen LogP contribution is 2.31. The van der Waals surface area contributed by atoms with Crippen LogP contribution in [0.15, 0.2) is 42.7 Å². The van der Waals surface area contributed by atoms with E-state index in [1.807, 2.05) is 0 Å². The molecular formula is C24H23F3N8O3S. The number of alkyl halides is 3. The quantitative estimate of drug-likeness (QED) is 0.270. The van der Waals surface area contributed by atoms with E-state index in [0.29, 0.717) is 53.5 Å². The predicted octanol–water partition coefficient (Wildman–Crippen LogP) is 3.81. The zero-order chi connectivity index (χ0) is 27.4. The molecule has 1 aliphatic heterocycles. The van der Waals surface area contributed by atoms with Crippen molar-refractivity contribution in [2.45, 2.75) is 6.18 Å². The summed E-state index contributed by atoms with van der Waals surface area (Å²) < 4.78 is 43.5. The van der Waals surface area contributed by atoms with E-state index < -0.39 is 17.8 Å². The van der Waals surface area contributed by atoms with Crippen molar-refractivity contribution in [2.75, 3.05) is 50.0 Å². The van der Waals surface area contributed by atoms with Gasteiger partial charge in [0.15, 0.2) is 10.8 Å². The van der Waals surface area contributed by atoms with Crippen molar-refractivity contribution in [1.82, 2.24) is 30.4 Å². The monoisotopic (exact) mass is 560 g/mol. The summed E-state index contributed by atoms with van der Waals surface area (Å²) >= 11 is 1.12. The number of H-pyrrole nitrogens is 1. The largest absolute Gasteiger partial charge is 0.416 e. The number of urea groups is 1. The minimum atomic E-state index is -4.46. The minimum absolute atomic E-state index is 0.188. The van der Waals surface area contributed by atoms with Gasteiger partial charge in [0.25, 0.3) is 5.91 Å². The summed E-state index contributed by atoms with van der Waals surface area (Å²) in [6.45, 7) is 4.19. The lowest BCUT2D eigenvalue weighted by Crippen LogP contribution is -2.41. The zero-order valence-electron chi connectivity index (χ0n) is 20.3. The van der Waals surface area contributed by atoms with Gasteiger partial charge >= 0.3 is 12.2 Å². The van der Waals surface area contributed by atoms with Gasteiger partial charge in [-0.2, -0.15) is 18.3 Å². The Morgan fingerprint density at radius 1 is 1.10 bits per heavy atom. The van der Waals surface area contributed by atoms with E-state index in [9.17, 15) is 22.8 Å². The van der Waals surface area contributed by atoms with Crippen LogP contribution in [0.5, 0.6) is 0 Å². The number of carbonyl (C=O) groups is 2. The number of hydrogen-bond acceptors (Lipinski definition) is 8. The summed E-state index contributed by atoms with van der Waals surface area (Å²) in [7, 11) is 0. The second-order valence-corrected chi connectivity index (χ2v) is 9.61. The molecule has 0 aliphatic carbocycles. The number of anilines is 2. The Morgan fingerprint density at radius 2 is 1.87 bits per heavy atom. The number of pyridine rings is 1. The van der Waals surface area contributed by atoms with E-state index in [-0.39, 0.29) is 16.7 Å². The molecule has 0 spiro atoms. The van der Waals surface area contributed by atoms with E-state index in [2.05, 4.69) is 41.0 Å². The van der Waals surface area contributed by atoms with Gasteiger partial charge in [-0.3, -0.25) is 20.1 Å². The zero-order valence-corrected chi connectivity index (χ0v) is 21.2. The van der Waals surface area contributed by atoms with Crippen LogP contribution in [0.4, 0.5) is 28.8 Å². The summed E-state index contributed by atoms with van der Waals surface area (Å²) in [5.74, 6) is -0.267. The van der Waals surface area contributed by atoms with Crippen LogP contribution in [-0.4, -0.2) is 76.4 Å². The molecule has 11 nitrogen and oxygen atoms in total. The van der Waals surface area contributed by atoms with Crippen LogP contribution in [0.25, 0.3) is 21.6 Å². The number of aromatic nitrogens is 4. The number of amides is 3. The molecule has 3 aromatic heterocycles. The molecule has 3 amide bonds. The van der Waals surface area contributed by atoms with Gasteiger partial charge in [0, 0.05) is 38.1 Å². The maximum absolute atomic E-state index is 13.0. The standard InChI is InChI=1S/C24H23F3N8O3S/c25-24(26,27)14-1-3-15(4-2-14)31-22(37)33-23-29-13-19(39-23)18-11-16(17-12-30-34-20(17)32-18)21(36)28-5-6-35-7-9-38-10-8-35/h1-4,11-13H,5-10H2,(H,28,36)(H,30,32,34)(H2,29,31,33,37). The Kier molecular flexibility index (Phi) is 7.72. The molecule has 1 aromatic carbocycles. The Hall–Kier alpha value is -4.08. The fourth-order valence-corrected chi connectivity index (χ4v) is 4.71. The molecule has 0 bridgehead atoms. The number of nitrogens with zero attached hydrogens (tertiary/aromatic N) is 4. The van der Waals surface area contributed by atoms with Gasteiger partial charge in [-0.15, -0.1) is 0 Å². The number of thiazole rings is 1. The van der Waals surface area contributed by atoms with Crippen LogP contribution in [0.2, 0.25) is 0 Å². The van der Waals surface area contributed by atoms with Crippen LogP contribution in [0.3, 0.4) is 0 Å². The molecule has 204 valence electrons. The Balaban J connectivity index is 1.24. The summed E-state index contributed by atoms with van der Waals surface area (Å²) in [6, 6.07) is 5.05. The number of halogens is 3. The number of nitrogens with one attached hydrogen (secondary N) is 4. The van der Waals surface area contributed by atoms with Gasteiger partial charge in [0.2, 0.25) is 0 Å². The van der Waals surface area contributed by atoms with Gasteiger partial charge < -0.3 is 15.4 Å². The lowest BCUT2D eigenvalue weighted by atomic mass is 10.1. The number of aromatic amines is 1. The van der Waals surface area contributed by atoms with E-state index in [1.54, 1.807) is 6.07 Å². The van der Waals surface area contributed by atoms with Gasteiger partial charge in [-0.1, -0.05) is 11.3 Å². The Morgan fingerprint density at radius 3 is 2.62 bits per heavy atom. The molecule has 0 saturated carbocycles. The van der Waals surface area contributed by atoms with E-state index >= 15 is 0 Å². The first-order valence-corrected chi connectivity index (χ1v) is 12.7. The second-order valence-electron chi connectivity index (χ2n) is 8.58. The second kappa shape index (κ2) is 11.3. The molecule has 4 aromatic rings. The van der Waals surface area contributed by atoms with E-state index in [1.165, 1.54) is 12.4 Å². The summed E-state index contributed by atoms with van der Waals surface area (Å²) in [5, 5.41) is 15.5. The normalized spacial score (nSPS) is 14.3. The van der Waals surface area contributed by atoms with Crippen LogP contribution in [0.1, 0.15) is 15.9 Å². The predicted molar refractivity (Wildman–Crippen MR) is 139 cm³/mol. The molecular weight excluding hydrogens is 537 g/mol. The van der Waals surface area contributed by atoms with Crippen molar-refractivity contribution in [1.29, 1.82) is 0 Å². The lowest BCUT2D eigenvalue weighted by molar-refractivity contribution is -0.137. The molecule has 15 heteroatoms. The molecule has 0 radical (unpaired) electrons. The summed E-state index contributed by atoms with van der Waals surface area (Å²) in [6.07, 6.45) is -1.42. The number of carbonyl (C=O) groups excluding carboxylic acids is 2. The number of ether oxygens (including phenoxy) is 1. The highest BCUT2D eigenvalue weighted by Gasteiger charge is 2.30. The summed E-state index contributed by atoms with van der Waals surface area (Å²) in [4.78, 5) is 36.9. The maximum atomic E-state index is 13.0. The van der Waals surface area contributed by atoms with Crippen molar-refractivity contribution in [3.05, 3.63) is 53.9 Å². The smallest absolute Gasteiger partial charge is 0.379 e. The molecule has 5 rings (SSSR count). The topological polar surface area (TPSA) is 137 Å². The third-order valence-electron chi connectivity index (χ3n) is 5.93. The lowest BCUT2D eigenvalue weighted by Gasteiger charge is -2.26. The summed E-state index contributed by atoms with van der Waals surface area (Å²) in [5.41, 5.74) is 0.652. The first-order chi connectivity index (χ1) is 18.8. The van der Waals surface area contributed by atoms with Crippen LogP contribution in [0, 0.1) is 0 Å². The van der Waals surface area contributed by atoms with Crippen molar-refractivity contribution in [3.63, 3.8) is 0 Å². The number of fused-ring (bicyclic) bond motifs is 1. The fraction of sp³-hybridized carbons (Fsp3) is 0.292. The molecule has 1 fully saturated rings. The Labute approximate surface area is 223 Å². The maximum Gasteiger partial charge on any atom is 0.416 e. The first kappa shape index (κ1) is 26.5. The molecule has 1 saturated heterocycles. The van der Waals surface area contributed by atoms with Crippen molar-refractivity contribution < 1.29 is 27.5 Å². The number of rotatable bonds is 7. The molecule has 1 aliphatic rings. The minimum Gasteiger partial charge on any atom is -0.379 e. The van der Waals surface area contributed by atoms with Crippen LogP contribution in [-0.2, 0) is 10.9 Å². The molecule has 4 heterocycles. The van der Waals surface area contributed by atoms with Crippen molar-refractivity contribution in [2.24, 2.45) is 0 Å². The highest BCUT2D eigenvalue weighted by molar-refractivity contribution is 7.19. The molecule has 0 unspecified atom stereocenters. The van der Waals surface area contributed by atoms with Gasteiger partial charge in [-0.05, 0) is 30.3 Å². The number of morpholine rings is 1. The SMILES string of the molecule is O=C(Nc1ccc(C(F)(F)F)cc1)Nc1ncc(-c2cc(C(=O)NCCN3CCOCC3)c3cn[nH]c3n2)s1. The van der Waals surface area contributed by atoms with Gasteiger partial charge in [0.05, 0.1) is 46.5 Å². The molecule has 4 N–H and O–H groups in total. The number of benzene rings is 1. The van der Waals surface area contributed by atoms with Crippen LogP contribution >= 0.6 is 11.3 Å². The van der Waals surface area contributed by atoms with Crippen molar-refractivity contribution >= 4 is 45.1 Å². The fourth-order valence-electron chi connectivity index (χ4n) is 3.94. The van der Waals surface area contributed by atoms with Gasteiger partial charge in [0.1, 0.15) is 0 Å². The van der Waals surface area contributed by atoms with Crippen LogP contribution < -0.4 is 16.0 Å². The Bertz CT molecular complexity index is 1470. The third kappa shape index (κ3) is 6.50. The molecule has 0 atom stereocenters. The average Bonchev–Trinajstić information content (AvgIpc) is 3.58. The van der Waals surface area contributed by atoms with E-state index in [0.717, 1.165) is 48.7 Å². The molecule has 39 heavy (non-hydrogen) atoms. The average molecular weight is 561 g/mol. The van der Waals surface area contributed by atoms with Gasteiger partial charge in [-0.25, -0.2) is 14.8 Å². The highest BCUT2D eigenvalue weighted by atomic mass is 32.1. The number of hydrogen-bond donors (Lipinski definition) is 4. The van der Waals surface area contributed by atoms with E-state index in [4.69, 9.17) is 4.74 Å². The van der Waals surface area contributed by atoms with Crippen molar-refractivity contribution in [3.8, 4) is 10.6 Å².